The van der Waals surface area contributed by atoms with Gasteiger partial charge in [-0.3, -0.25) is 9.59 Å². The number of amides is 2. The molecule has 3 rings (SSSR count). The lowest BCUT2D eigenvalue weighted by Gasteiger charge is -2.25. The van der Waals surface area contributed by atoms with Crippen LogP contribution in [0.2, 0.25) is 0 Å². The second-order valence-corrected chi connectivity index (χ2v) is 7.96. The fraction of sp³-hybridized carbons (Fsp3) is 0.259. The number of methoxy groups -OCH3 is 1. The standard InChI is InChI=1S/C27H31N3O4/c1-34-23-14-8-11-21(15-23)17-28-18-25(31)24(16-20-9-4-2-5-10-20)30-26(32)19-29-27(33)22-12-6-3-7-13-22/h2-15,24-25,28,31H,16-19H2,1H3,(H,29,33)(H,30,32)/t24-,25+/m0/s1. The van der Waals surface area contributed by atoms with E-state index in [0.717, 1.165) is 16.9 Å². The van der Waals surface area contributed by atoms with E-state index in [1.165, 1.54) is 0 Å². The molecule has 0 aliphatic heterocycles. The molecule has 178 valence electrons. The molecule has 0 radical (unpaired) electrons. The number of hydrogen-bond donors (Lipinski definition) is 4. The first-order chi connectivity index (χ1) is 16.5. The van der Waals surface area contributed by atoms with Crippen molar-refractivity contribution < 1.29 is 19.4 Å². The summed E-state index contributed by atoms with van der Waals surface area (Å²) in [6, 6.07) is 25.5. The predicted octanol–water partition coefficient (Wildman–Crippen LogP) is 2.30. The number of nitrogens with one attached hydrogen (secondary N) is 3. The average molecular weight is 462 g/mol. The van der Waals surface area contributed by atoms with Crippen molar-refractivity contribution >= 4 is 11.8 Å². The third kappa shape index (κ3) is 8.03. The number of aliphatic hydroxyl groups excluding tert-OH is 1. The topological polar surface area (TPSA) is 99.7 Å². The average Bonchev–Trinajstić information content (AvgIpc) is 2.88. The lowest BCUT2D eigenvalue weighted by atomic mass is 10.0. The molecule has 0 bridgehead atoms. The zero-order chi connectivity index (χ0) is 24.2. The molecule has 34 heavy (non-hydrogen) atoms. The fourth-order valence-electron chi connectivity index (χ4n) is 3.55. The molecule has 0 spiro atoms. The molecule has 7 heteroatoms. The largest absolute Gasteiger partial charge is 0.497 e. The van der Waals surface area contributed by atoms with Gasteiger partial charge in [-0.15, -0.1) is 0 Å². The Morgan fingerprint density at radius 2 is 1.59 bits per heavy atom. The van der Waals surface area contributed by atoms with Crippen molar-refractivity contribution in [1.82, 2.24) is 16.0 Å². The summed E-state index contributed by atoms with van der Waals surface area (Å²) in [4.78, 5) is 24.8. The maximum atomic E-state index is 12.6. The fourth-order valence-corrected chi connectivity index (χ4v) is 3.55. The number of carbonyl (C=O) groups excluding carboxylic acids is 2. The number of hydrogen-bond acceptors (Lipinski definition) is 5. The van der Waals surface area contributed by atoms with Gasteiger partial charge >= 0.3 is 0 Å². The zero-order valence-electron chi connectivity index (χ0n) is 19.2. The molecule has 3 aromatic carbocycles. The molecule has 0 saturated carbocycles. The van der Waals surface area contributed by atoms with Crippen molar-refractivity contribution in [2.45, 2.75) is 25.1 Å². The summed E-state index contributed by atoms with van der Waals surface area (Å²) in [5.74, 6) is 0.0829. The van der Waals surface area contributed by atoms with E-state index in [-0.39, 0.29) is 24.9 Å². The molecule has 7 nitrogen and oxygen atoms in total. The van der Waals surface area contributed by atoms with Gasteiger partial charge in [0.2, 0.25) is 5.91 Å². The van der Waals surface area contributed by atoms with E-state index >= 15 is 0 Å². The van der Waals surface area contributed by atoms with Gasteiger partial charge in [0.15, 0.2) is 0 Å². The van der Waals surface area contributed by atoms with Crippen LogP contribution < -0.4 is 20.7 Å². The van der Waals surface area contributed by atoms with Crippen molar-refractivity contribution in [2.75, 3.05) is 20.2 Å². The lowest BCUT2D eigenvalue weighted by molar-refractivity contribution is -0.121. The van der Waals surface area contributed by atoms with Gasteiger partial charge in [-0.25, -0.2) is 0 Å². The minimum Gasteiger partial charge on any atom is -0.497 e. The molecule has 0 aromatic heterocycles. The molecular formula is C27H31N3O4. The van der Waals surface area contributed by atoms with E-state index in [9.17, 15) is 14.7 Å². The quantitative estimate of drug-likeness (QED) is 0.332. The van der Waals surface area contributed by atoms with Crippen LogP contribution in [0.25, 0.3) is 0 Å². The van der Waals surface area contributed by atoms with Gasteiger partial charge in [0.1, 0.15) is 5.75 Å². The minimum absolute atomic E-state index is 0.178. The molecule has 2 atom stereocenters. The van der Waals surface area contributed by atoms with Gasteiger partial charge in [-0.1, -0.05) is 60.7 Å². The SMILES string of the molecule is COc1cccc(CNC[C@@H](O)[C@H](Cc2ccccc2)NC(=O)CNC(=O)c2ccccc2)c1. The molecular weight excluding hydrogens is 430 g/mol. The van der Waals surface area contributed by atoms with E-state index in [4.69, 9.17) is 4.74 Å². The van der Waals surface area contributed by atoms with Crippen LogP contribution in [0.5, 0.6) is 5.75 Å². The van der Waals surface area contributed by atoms with Crippen LogP contribution in [0, 0.1) is 0 Å². The summed E-state index contributed by atoms with van der Waals surface area (Å²) in [7, 11) is 1.62. The van der Waals surface area contributed by atoms with Crippen LogP contribution in [0.15, 0.2) is 84.9 Å². The highest BCUT2D eigenvalue weighted by Gasteiger charge is 2.22. The predicted molar refractivity (Wildman–Crippen MR) is 132 cm³/mol. The van der Waals surface area contributed by atoms with Gasteiger partial charge in [-0.2, -0.15) is 0 Å². The number of ether oxygens (including phenoxy) is 1. The summed E-state index contributed by atoms with van der Waals surface area (Å²) in [6.45, 7) is 0.655. The molecule has 0 aliphatic rings. The number of carbonyl (C=O) groups is 2. The minimum atomic E-state index is -0.834. The van der Waals surface area contributed by atoms with Gasteiger partial charge in [0, 0.05) is 18.7 Å². The molecule has 0 aliphatic carbocycles. The van der Waals surface area contributed by atoms with E-state index in [1.807, 2.05) is 60.7 Å². The maximum Gasteiger partial charge on any atom is 0.251 e. The highest BCUT2D eigenvalue weighted by Crippen LogP contribution is 2.12. The van der Waals surface area contributed by atoms with Crippen molar-refractivity contribution in [3.8, 4) is 5.75 Å². The Bertz CT molecular complexity index is 1040. The Hall–Kier alpha value is -3.68. The summed E-state index contributed by atoms with van der Waals surface area (Å²) in [5, 5.41) is 19.6. The van der Waals surface area contributed by atoms with Crippen LogP contribution in [0.4, 0.5) is 0 Å². The van der Waals surface area contributed by atoms with Crippen molar-refractivity contribution in [3.63, 3.8) is 0 Å². The smallest absolute Gasteiger partial charge is 0.251 e. The lowest BCUT2D eigenvalue weighted by Crippen LogP contribution is -2.51. The third-order valence-corrected chi connectivity index (χ3v) is 5.37. The zero-order valence-corrected chi connectivity index (χ0v) is 19.2. The van der Waals surface area contributed by atoms with Gasteiger partial charge in [0.05, 0.1) is 25.8 Å². The van der Waals surface area contributed by atoms with Gasteiger partial charge < -0.3 is 25.8 Å². The molecule has 4 N–H and O–H groups in total. The summed E-state index contributed by atoms with van der Waals surface area (Å²) in [6.07, 6.45) is -0.374. The summed E-state index contributed by atoms with van der Waals surface area (Å²) >= 11 is 0. The number of rotatable bonds is 12. The Morgan fingerprint density at radius 3 is 2.29 bits per heavy atom. The van der Waals surface area contributed by atoms with Crippen molar-refractivity contribution in [2.24, 2.45) is 0 Å². The molecule has 3 aromatic rings. The Labute approximate surface area is 200 Å². The third-order valence-electron chi connectivity index (χ3n) is 5.37. The molecule has 0 fully saturated rings. The Kier molecular flexibility index (Phi) is 9.64. The first-order valence-corrected chi connectivity index (χ1v) is 11.2. The number of aliphatic hydroxyl groups is 1. The van der Waals surface area contributed by atoms with E-state index in [1.54, 1.807) is 31.4 Å². The van der Waals surface area contributed by atoms with Crippen molar-refractivity contribution in [3.05, 3.63) is 102 Å². The van der Waals surface area contributed by atoms with Crippen LogP contribution in [-0.4, -0.2) is 49.3 Å². The van der Waals surface area contributed by atoms with Crippen LogP contribution in [-0.2, 0) is 17.8 Å². The Balaban J connectivity index is 1.56. The summed E-state index contributed by atoms with van der Waals surface area (Å²) < 4.78 is 5.24. The Morgan fingerprint density at radius 1 is 0.912 bits per heavy atom. The summed E-state index contributed by atoms with van der Waals surface area (Å²) in [5.41, 5.74) is 2.50. The first-order valence-electron chi connectivity index (χ1n) is 11.2. The molecule has 0 saturated heterocycles. The normalized spacial score (nSPS) is 12.4. The van der Waals surface area contributed by atoms with Gasteiger partial charge in [0.25, 0.3) is 5.91 Å². The van der Waals surface area contributed by atoms with Crippen LogP contribution in [0.3, 0.4) is 0 Å². The highest BCUT2D eigenvalue weighted by molar-refractivity contribution is 5.96. The molecule has 0 unspecified atom stereocenters. The van der Waals surface area contributed by atoms with Crippen LogP contribution in [0.1, 0.15) is 21.5 Å². The van der Waals surface area contributed by atoms with Gasteiger partial charge in [-0.05, 0) is 41.8 Å². The second kappa shape index (κ2) is 13.1. The number of benzene rings is 3. The first kappa shape index (κ1) is 25.0. The van der Waals surface area contributed by atoms with E-state index < -0.39 is 12.1 Å². The highest BCUT2D eigenvalue weighted by atomic mass is 16.5. The van der Waals surface area contributed by atoms with E-state index in [0.29, 0.717) is 18.5 Å². The monoisotopic (exact) mass is 461 g/mol. The maximum absolute atomic E-state index is 12.6. The van der Waals surface area contributed by atoms with Crippen LogP contribution >= 0.6 is 0 Å². The van der Waals surface area contributed by atoms with E-state index in [2.05, 4.69) is 16.0 Å². The molecule has 0 heterocycles. The van der Waals surface area contributed by atoms with Crippen molar-refractivity contribution in [1.29, 1.82) is 0 Å². The second-order valence-electron chi connectivity index (χ2n) is 7.96. The molecule has 2 amide bonds.